The molecule has 1 unspecified atom stereocenters. The van der Waals surface area contributed by atoms with Gasteiger partial charge in [0.2, 0.25) is 0 Å². The van der Waals surface area contributed by atoms with Gasteiger partial charge in [0.15, 0.2) is 0 Å². The van der Waals surface area contributed by atoms with Crippen molar-refractivity contribution in [1.82, 2.24) is 9.88 Å². The summed E-state index contributed by atoms with van der Waals surface area (Å²) in [6, 6.07) is 4.79. The third-order valence-corrected chi connectivity index (χ3v) is 2.59. The lowest BCUT2D eigenvalue weighted by molar-refractivity contribution is 0.317. The van der Waals surface area contributed by atoms with E-state index in [1.165, 1.54) is 24.9 Å². The largest absolute Gasteiger partial charge is 0.316 e. The molecule has 1 fully saturated rings. The van der Waals surface area contributed by atoms with E-state index in [2.05, 4.69) is 23.0 Å². The van der Waals surface area contributed by atoms with Crippen molar-refractivity contribution in [3.05, 3.63) is 30.1 Å². The van der Waals surface area contributed by atoms with Gasteiger partial charge in [-0.15, -0.1) is 0 Å². The van der Waals surface area contributed by atoms with E-state index in [4.69, 9.17) is 0 Å². The molecule has 1 saturated heterocycles. The second-order valence-corrected chi connectivity index (χ2v) is 3.42. The van der Waals surface area contributed by atoms with Gasteiger partial charge in [-0.25, -0.2) is 0 Å². The highest BCUT2D eigenvalue weighted by atomic mass is 24.3. The van der Waals surface area contributed by atoms with Crippen LogP contribution in [0.1, 0.15) is 24.4 Å². The summed E-state index contributed by atoms with van der Waals surface area (Å²) in [6.07, 6.45) is 6.41. The molecule has 0 N–H and O–H groups in total. The molecule has 0 spiro atoms. The van der Waals surface area contributed by atoms with Gasteiger partial charge in [0.25, 0.3) is 0 Å². The Hall–Kier alpha value is -0.124. The highest BCUT2D eigenvalue weighted by molar-refractivity contribution is 5.75. The van der Waals surface area contributed by atoms with Crippen molar-refractivity contribution in [1.29, 1.82) is 0 Å². The third-order valence-electron chi connectivity index (χ3n) is 2.59. The van der Waals surface area contributed by atoms with Gasteiger partial charge in [0, 0.05) is 18.4 Å². The van der Waals surface area contributed by atoms with E-state index < -0.39 is 0 Å². The maximum absolute atomic E-state index is 4.14. The first-order valence-corrected chi connectivity index (χ1v) is 4.48. The average molecular weight is 189 g/mol. The van der Waals surface area contributed by atoms with Crippen LogP contribution < -0.4 is 0 Å². The maximum Gasteiger partial charge on any atom is 0.316 e. The van der Waals surface area contributed by atoms with Crippen LogP contribution in [-0.4, -0.2) is 46.5 Å². The number of nitrogens with zero attached hydrogens (tertiary/aromatic N) is 2. The van der Waals surface area contributed by atoms with E-state index in [0.29, 0.717) is 6.04 Å². The SMILES string of the molecule is CN1CCCC1c1cccnc1.[MgH2]. The van der Waals surface area contributed by atoms with Crippen molar-refractivity contribution in [2.75, 3.05) is 13.6 Å². The Bertz CT molecular complexity index is 250. The number of likely N-dealkylation sites (tertiary alicyclic amines) is 1. The lowest BCUT2D eigenvalue weighted by atomic mass is 10.1. The van der Waals surface area contributed by atoms with Crippen LogP contribution in [0.15, 0.2) is 24.5 Å². The van der Waals surface area contributed by atoms with Crippen LogP contribution in [0.3, 0.4) is 0 Å². The standard InChI is InChI=1S/C10H14N2.Mg.2H/c1-12-7-3-5-10(12)9-4-2-6-11-8-9;;;/h2,4,6,8,10H,3,5,7H2,1H3;;;. The molecule has 2 heterocycles. The molecule has 0 radical (unpaired) electrons. The molecule has 13 heavy (non-hydrogen) atoms. The van der Waals surface area contributed by atoms with Crippen LogP contribution >= 0.6 is 0 Å². The van der Waals surface area contributed by atoms with Gasteiger partial charge in [-0.2, -0.15) is 0 Å². The van der Waals surface area contributed by atoms with Gasteiger partial charge in [0.1, 0.15) is 0 Å². The van der Waals surface area contributed by atoms with Crippen LogP contribution in [0, 0.1) is 0 Å². The van der Waals surface area contributed by atoms with Crippen LogP contribution in [0.2, 0.25) is 0 Å². The second kappa shape index (κ2) is 4.93. The van der Waals surface area contributed by atoms with Crippen molar-refractivity contribution in [3.8, 4) is 0 Å². The summed E-state index contributed by atoms with van der Waals surface area (Å²) in [5, 5.41) is 0. The second-order valence-electron chi connectivity index (χ2n) is 3.42. The zero-order chi connectivity index (χ0) is 8.39. The van der Waals surface area contributed by atoms with Crippen LogP contribution in [-0.2, 0) is 0 Å². The summed E-state index contributed by atoms with van der Waals surface area (Å²) < 4.78 is 0. The summed E-state index contributed by atoms with van der Waals surface area (Å²) in [5.41, 5.74) is 1.36. The zero-order valence-corrected chi connectivity index (χ0v) is 7.40. The topological polar surface area (TPSA) is 16.1 Å². The Morgan fingerprint density at radius 1 is 1.54 bits per heavy atom. The molecule has 0 bridgehead atoms. The molecule has 1 aliphatic heterocycles. The molecule has 0 aliphatic carbocycles. The molecule has 1 aromatic rings. The van der Waals surface area contributed by atoms with Crippen LogP contribution in [0.5, 0.6) is 0 Å². The number of hydrogen-bond acceptors (Lipinski definition) is 2. The van der Waals surface area contributed by atoms with Gasteiger partial charge in [-0.1, -0.05) is 6.07 Å². The maximum atomic E-state index is 4.14. The molecule has 1 atom stereocenters. The summed E-state index contributed by atoms with van der Waals surface area (Å²) in [6.45, 7) is 1.22. The fraction of sp³-hybridized carbons (Fsp3) is 0.500. The minimum absolute atomic E-state index is 0. The van der Waals surface area contributed by atoms with Gasteiger partial charge < -0.3 is 0 Å². The Balaban J connectivity index is 0.000000845. The van der Waals surface area contributed by atoms with Crippen molar-refractivity contribution < 1.29 is 0 Å². The van der Waals surface area contributed by atoms with Crippen LogP contribution in [0.4, 0.5) is 0 Å². The normalized spacial score (nSPS) is 22.7. The predicted molar refractivity (Wildman–Crippen MR) is 57.4 cm³/mol. The first kappa shape index (κ1) is 11.0. The molecular weight excluding hydrogens is 172 g/mol. The monoisotopic (exact) mass is 188 g/mol. The van der Waals surface area contributed by atoms with Crippen LogP contribution in [0.25, 0.3) is 0 Å². The average Bonchev–Trinajstić information content (AvgIpc) is 2.53. The van der Waals surface area contributed by atoms with E-state index >= 15 is 0 Å². The van der Waals surface area contributed by atoms with E-state index in [1.54, 1.807) is 0 Å². The summed E-state index contributed by atoms with van der Waals surface area (Å²) in [5.74, 6) is 0. The molecule has 1 aliphatic rings. The lowest BCUT2D eigenvalue weighted by Crippen LogP contribution is -2.17. The highest BCUT2D eigenvalue weighted by Gasteiger charge is 2.21. The first-order chi connectivity index (χ1) is 5.88. The van der Waals surface area contributed by atoms with Crippen molar-refractivity contribution >= 4 is 23.1 Å². The molecule has 1 aromatic heterocycles. The Morgan fingerprint density at radius 2 is 2.38 bits per heavy atom. The van der Waals surface area contributed by atoms with Gasteiger partial charge >= 0.3 is 23.1 Å². The number of pyridine rings is 1. The zero-order valence-electron chi connectivity index (χ0n) is 7.40. The van der Waals surface area contributed by atoms with Gasteiger partial charge in [-0.3, -0.25) is 9.88 Å². The number of rotatable bonds is 1. The molecule has 3 heteroatoms. The van der Waals surface area contributed by atoms with Gasteiger partial charge in [-0.05, 0) is 38.1 Å². The molecule has 2 nitrogen and oxygen atoms in total. The summed E-state index contributed by atoms with van der Waals surface area (Å²) in [7, 11) is 2.19. The predicted octanol–water partition coefficient (Wildman–Crippen LogP) is 0.932. The Morgan fingerprint density at radius 3 is 2.92 bits per heavy atom. The Kier molecular flexibility index (Phi) is 4.16. The molecular formula is C10H16MgN2. The van der Waals surface area contributed by atoms with Crippen molar-refractivity contribution in [2.24, 2.45) is 0 Å². The Labute approximate surface area is 95.5 Å². The first-order valence-electron chi connectivity index (χ1n) is 4.48. The van der Waals surface area contributed by atoms with Crippen molar-refractivity contribution in [2.45, 2.75) is 18.9 Å². The number of hydrogen-bond donors (Lipinski definition) is 0. The molecule has 0 aromatic carbocycles. The molecule has 68 valence electrons. The fourth-order valence-electron chi connectivity index (χ4n) is 1.90. The minimum atomic E-state index is 0. The van der Waals surface area contributed by atoms with E-state index in [0.717, 1.165) is 0 Å². The van der Waals surface area contributed by atoms with E-state index in [-0.39, 0.29) is 23.1 Å². The summed E-state index contributed by atoms with van der Waals surface area (Å²) >= 11 is 0. The molecule has 0 saturated carbocycles. The van der Waals surface area contributed by atoms with Crippen molar-refractivity contribution in [3.63, 3.8) is 0 Å². The smallest absolute Gasteiger partial charge is 0.299 e. The highest BCUT2D eigenvalue weighted by Crippen LogP contribution is 2.29. The quantitative estimate of drug-likeness (QED) is 0.610. The number of aromatic nitrogens is 1. The third kappa shape index (κ3) is 2.42. The molecule has 2 rings (SSSR count). The van der Waals surface area contributed by atoms with Gasteiger partial charge in [0.05, 0.1) is 0 Å². The lowest BCUT2D eigenvalue weighted by Gasteiger charge is -2.18. The summed E-state index contributed by atoms with van der Waals surface area (Å²) in [4.78, 5) is 6.54. The minimum Gasteiger partial charge on any atom is -0.299 e. The molecule has 0 amide bonds. The van der Waals surface area contributed by atoms with E-state index in [9.17, 15) is 0 Å². The fourth-order valence-corrected chi connectivity index (χ4v) is 1.90. The van der Waals surface area contributed by atoms with E-state index in [1.807, 2.05) is 18.5 Å².